The quantitative estimate of drug-likeness (QED) is 0.164. The molecule has 6 aliphatic heterocycles. The van der Waals surface area contributed by atoms with Crippen molar-refractivity contribution in [2.24, 2.45) is 102 Å². The van der Waals surface area contributed by atoms with Crippen LogP contribution in [0.15, 0.2) is 0 Å². The number of hydrogen-bond acceptors (Lipinski definition) is 12. The van der Waals surface area contributed by atoms with E-state index in [-0.39, 0.29) is 108 Å². The summed E-state index contributed by atoms with van der Waals surface area (Å²) in [6.07, 6.45) is -0.0178. The van der Waals surface area contributed by atoms with Gasteiger partial charge in [-0.2, -0.15) is 0 Å². The standard InChI is InChI=1S/C45H86O5.C27H50O5.2C3H6O/c1-31(2)32(3,4)39(17,18)49-44(25,36(31,11)12)29-47-28-43(24)35(9,10)37(13,14)45(26,50-41(43,21)22)30-46-27-42(23)34(7,8)33(5,6)38(15,16)48-40(42,19)20;1-14-11-28-24(19(6)15(14)2)12-29-27-22(9)17(4)20(7)25(32-27)13-30-26-21(8)16(3)18(5)23(10)31-26;2*1-3(2)4/h27-30H2,1-26H3;14-27H,11-13H2,1-10H3;2*1-2H3/t42-,43-,44-,45-;;;/m0.../s1. The summed E-state index contributed by atoms with van der Waals surface area (Å²) in [4.78, 5) is 18.9. The molecule has 0 saturated carbocycles. The Bertz CT molecular complexity index is 2340. The molecule has 0 aromatic heterocycles. The highest BCUT2D eigenvalue weighted by Gasteiger charge is 2.72. The zero-order chi connectivity index (χ0) is 70.8. The molecule has 0 radical (unpaired) electrons. The molecule has 14 unspecified atom stereocenters. The maximum Gasteiger partial charge on any atom is 0.160 e. The molecule has 6 rings (SSSR count). The number of carbonyl (C=O) groups excluding carboxylic acids is 2. The molecule has 90 heavy (non-hydrogen) atoms. The van der Waals surface area contributed by atoms with E-state index in [1.165, 1.54) is 27.7 Å². The van der Waals surface area contributed by atoms with Gasteiger partial charge in [0.15, 0.2) is 12.6 Å². The van der Waals surface area contributed by atoms with Crippen LogP contribution >= 0.6 is 0 Å². The predicted octanol–water partition coefficient (Wildman–Crippen LogP) is 18.7. The molecule has 6 aliphatic rings. The van der Waals surface area contributed by atoms with Gasteiger partial charge in [0, 0.05) is 40.1 Å². The van der Waals surface area contributed by atoms with Crippen LogP contribution in [0, 0.1) is 102 Å². The summed E-state index contributed by atoms with van der Waals surface area (Å²) in [7, 11) is 0. The summed E-state index contributed by atoms with van der Waals surface area (Å²) in [5.74, 6) is 4.80. The molecule has 0 spiro atoms. The van der Waals surface area contributed by atoms with Crippen molar-refractivity contribution in [3.05, 3.63) is 0 Å². The molecule has 12 nitrogen and oxygen atoms in total. The number of ketones is 2. The first kappa shape index (κ1) is 83.2. The Labute approximate surface area is 555 Å². The molecular weight excluding hydrogens is 1130 g/mol. The Kier molecular flexibility index (Phi) is 25.9. The van der Waals surface area contributed by atoms with Crippen molar-refractivity contribution in [3.63, 3.8) is 0 Å². The Morgan fingerprint density at radius 3 is 1.10 bits per heavy atom. The molecule has 532 valence electrons. The van der Waals surface area contributed by atoms with Crippen LogP contribution in [0.3, 0.4) is 0 Å². The molecule has 6 heterocycles. The van der Waals surface area contributed by atoms with Gasteiger partial charge < -0.3 is 57.0 Å². The van der Waals surface area contributed by atoms with Gasteiger partial charge >= 0.3 is 0 Å². The highest BCUT2D eigenvalue weighted by Crippen LogP contribution is 2.70. The first-order chi connectivity index (χ1) is 40.0. The van der Waals surface area contributed by atoms with Crippen LogP contribution in [-0.2, 0) is 57.0 Å². The van der Waals surface area contributed by atoms with Gasteiger partial charge in [-0.1, -0.05) is 173 Å². The third-order valence-corrected chi connectivity index (χ3v) is 30.2. The Balaban J connectivity index is 0.000000450. The SMILES string of the molecule is CC(C)=O.CC(C)=O.CC1(C)O[C@@](C)(COC[C@]2(C)C(C)(C)O[C@@](C)(COC[C@]3(C)C(C)(C)OC(C)(C)C(C)(C)C3(C)C)C(C)(C)C2(C)C)C(C)(C)C(C)(C)C1(C)C.CC1COC(COC2OC(COC3OC(C)C(C)C(C)C3C)C(C)C(C)C2C)C(C)C1C. The van der Waals surface area contributed by atoms with Crippen LogP contribution in [0.2, 0.25) is 0 Å². The van der Waals surface area contributed by atoms with E-state index < -0.39 is 16.8 Å². The van der Waals surface area contributed by atoms with Crippen LogP contribution < -0.4 is 0 Å². The Hall–Kier alpha value is -1.06. The number of Topliss-reactive ketones (excluding diaryl/α,β-unsaturated/α-hetero) is 2. The third-order valence-electron chi connectivity index (χ3n) is 30.2. The average molecular weight is 1280 g/mol. The zero-order valence-corrected chi connectivity index (χ0v) is 66.4. The van der Waals surface area contributed by atoms with Crippen LogP contribution in [0.5, 0.6) is 0 Å². The predicted molar refractivity (Wildman–Crippen MR) is 371 cm³/mol. The molecule has 12 heteroatoms. The maximum atomic E-state index is 9.44. The molecule has 0 amide bonds. The van der Waals surface area contributed by atoms with Gasteiger partial charge in [0.2, 0.25) is 0 Å². The lowest BCUT2D eigenvalue weighted by Crippen LogP contribution is -2.74. The van der Waals surface area contributed by atoms with E-state index in [4.69, 9.17) is 47.4 Å². The van der Waals surface area contributed by atoms with Crippen molar-refractivity contribution in [2.45, 2.75) is 341 Å². The van der Waals surface area contributed by atoms with Gasteiger partial charge in [0.25, 0.3) is 0 Å². The molecule has 0 bridgehead atoms. The fourth-order valence-electron chi connectivity index (χ4n) is 16.7. The van der Waals surface area contributed by atoms with Gasteiger partial charge in [-0.05, 0) is 172 Å². The summed E-state index contributed by atoms with van der Waals surface area (Å²) < 4.78 is 66.8. The molecule has 0 aromatic rings. The number of ether oxygens (including phenoxy) is 10. The van der Waals surface area contributed by atoms with Gasteiger partial charge in [0.1, 0.15) is 11.6 Å². The second-order valence-corrected chi connectivity index (χ2v) is 37.3. The van der Waals surface area contributed by atoms with E-state index in [9.17, 15) is 9.59 Å². The fourth-order valence-corrected chi connectivity index (χ4v) is 16.7. The maximum absolute atomic E-state index is 9.44. The van der Waals surface area contributed by atoms with E-state index in [1.807, 2.05) is 0 Å². The zero-order valence-electron chi connectivity index (χ0n) is 66.4. The minimum atomic E-state index is -0.547. The van der Waals surface area contributed by atoms with Crippen molar-refractivity contribution in [2.75, 3.05) is 46.2 Å². The van der Waals surface area contributed by atoms with Crippen molar-refractivity contribution < 1.29 is 57.0 Å². The van der Waals surface area contributed by atoms with Gasteiger partial charge in [-0.15, -0.1) is 0 Å². The van der Waals surface area contributed by atoms with Crippen LogP contribution in [0.4, 0.5) is 0 Å². The highest BCUT2D eigenvalue weighted by atomic mass is 16.7. The number of carbonyl (C=O) groups is 2. The minimum absolute atomic E-state index is 0.00272. The van der Waals surface area contributed by atoms with Crippen LogP contribution in [0.25, 0.3) is 0 Å². The lowest BCUT2D eigenvalue weighted by atomic mass is 9.43. The summed E-state index contributed by atoms with van der Waals surface area (Å²) in [6, 6.07) is 0. The van der Waals surface area contributed by atoms with Gasteiger partial charge in [-0.3, -0.25) is 0 Å². The van der Waals surface area contributed by atoms with E-state index in [2.05, 4.69) is 249 Å². The number of rotatable bonds is 14. The van der Waals surface area contributed by atoms with Crippen molar-refractivity contribution >= 4 is 11.6 Å². The van der Waals surface area contributed by atoms with E-state index in [0.29, 0.717) is 92.9 Å². The van der Waals surface area contributed by atoms with Crippen LogP contribution in [-0.4, -0.2) is 122 Å². The second kappa shape index (κ2) is 28.0. The van der Waals surface area contributed by atoms with Crippen molar-refractivity contribution in [3.8, 4) is 0 Å². The highest BCUT2D eigenvalue weighted by molar-refractivity contribution is 5.72. The molecule has 0 aliphatic carbocycles. The Morgan fingerprint density at radius 2 is 0.667 bits per heavy atom. The fraction of sp³-hybridized carbons (Fsp3) is 0.974. The molecule has 6 fully saturated rings. The molecule has 6 saturated heterocycles. The summed E-state index contributed by atoms with van der Waals surface area (Å²) in [5, 5.41) is 0. The smallest absolute Gasteiger partial charge is 0.160 e. The van der Waals surface area contributed by atoms with Crippen LogP contribution in [0.1, 0.15) is 277 Å². The summed E-state index contributed by atoms with van der Waals surface area (Å²) in [6.45, 7) is 93.6. The third kappa shape index (κ3) is 14.9. The average Bonchev–Trinajstić information content (AvgIpc) is 0.758. The number of hydrogen-bond donors (Lipinski definition) is 0. The van der Waals surface area contributed by atoms with Crippen molar-refractivity contribution in [1.82, 2.24) is 0 Å². The van der Waals surface area contributed by atoms with E-state index in [0.717, 1.165) is 6.61 Å². The molecule has 0 N–H and O–H groups in total. The summed E-state index contributed by atoms with van der Waals surface area (Å²) in [5.41, 5.74) is -3.85. The van der Waals surface area contributed by atoms with Gasteiger partial charge in [-0.25, -0.2) is 0 Å². The first-order valence-corrected chi connectivity index (χ1v) is 35.4. The summed E-state index contributed by atoms with van der Waals surface area (Å²) >= 11 is 0. The lowest BCUT2D eigenvalue weighted by Gasteiger charge is -2.71. The second-order valence-electron chi connectivity index (χ2n) is 37.3. The monoisotopic (exact) mass is 1280 g/mol. The lowest BCUT2D eigenvalue weighted by molar-refractivity contribution is -0.367. The topological polar surface area (TPSA) is 126 Å². The molecule has 0 aromatic carbocycles. The van der Waals surface area contributed by atoms with Gasteiger partial charge in [0.05, 0.1) is 91.6 Å². The normalized spacial score (nSPS) is 42.0. The molecule has 18 atom stereocenters. The first-order valence-electron chi connectivity index (χ1n) is 35.4. The Morgan fingerprint density at radius 1 is 0.344 bits per heavy atom. The minimum Gasteiger partial charge on any atom is -0.378 e. The van der Waals surface area contributed by atoms with E-state index >= 15 is 0 Å². The largest absolute Gasteiger partial charge is 0.378 e. The molecular formula is C78H148O12. The van der Waals surface area contributed by atoms with E-state index in [1.54, 1.807) is 0 Å². The van der Waals surface area contributed by atoms with Crippen molar-refractivity contribution in [1.29, 1.82) is 0 Å².